The molecule has 1 aliphatic heterocycles. The maximum Gasteiger partial charge on any atom is 0.130 e. The summed E-state index contributed by atoms with van der Waals surface area (Å²) >= 11 is 7.00. The molecule has 0 bridgehead atoms. The van der Waals surface area contributed by atoms with Gasteiger partial charge >= 0.3 is 0 Å². The Morgan fingerprint density at radius 1 is 1.10 bits per heavy atom. The molecule has 1 atom stereocenters. The maximum absolute atomic E-state index is 14.1. The van der Waals surface area contributed by atoms with E-state index < -0.39 is 11.6 Å². The van der Waals surface area contributed by atoms with Crippen LogP contribution in [0.5, 0.6) is 5.75 Å². The largest absolute Gasteiger partial charge is 0.493 e. The van der Waals surface area contributed by atoms with Gasteiger partial charge in [0.25, 0.3) is 0 Å². The highest BCUT2D eigenvalue weighted by atomic mass is 79.9. The molecule has 0 N–H and O–H groups in total. The fraction of sp³-hybridized carbons (Fsp3) is 0.250. The van der Waals surface area contributed by atoms with E-state index in [0.29, 0.717) is 17.7 Å². The molecule has 1 nitrogen and oxygen atoms in total. The molecule has 0 amide bonds. The lowest BCUT2D eigenvalue weighted by Crippen LogP contribution is -2.01. The van der Waals surface area contributed by atoms with Crippen LogP contribution >= 0.6 is 31.9 Å². The molecule has 1 heterocycles. The number of hydrogen-bond donors (Lipinski definition) is 0. The zero-order valence-electron chi connectivity index (χ0n) is 11.2. The Morgan fingerprint density at radius 3 is 2.62 bits per heavy atom. The van der Waals surface area contributed by atoms with Crippen molar-refractivity contribution in [3.63, 3.8) is 0 Å². The Morgan fingerprint density at radius 2 is 1.86 bits per heavy atom. The van der Waals surface area contributed by atoms with E-state index in [9.17, 15) is 8.78 Å². The number of rotatable bonds is 2. The van der Waals surface area contributed by atoms with Crippen molar-refractivity contribution in [1.82, 2.24) is 0 Å². The summed E-state index contributed by atoms with van der Waals surface area (Å²) in [6.07, 6.45) is 0.840. The summed E-state index contributed by atoms with van der Waals surface area (Å²) in [6.45, 7) is 2.25. The third kappa shape index (κ3) is 2.73. The highest BCUT2D eigenvalue weighted by molar-refractivity contribution is 9.10. The average Bonchev–Trinajstić information content (AvgIpc) is 2.89. The molecular formula is C16H12Br2F2O. The molecule has 0 aromatic heterocycles. The van der Waals surface area contributed by atoms with E-state index in [4.69, 9.17) is 4.74 Å². The summed E-state index contributed by atoms with van der Waals surface area (Å²) in [5.74, 6) is -0.306. The van der Waals surface area contributed by atoms with Crippen LogP contribution in [0.4, 0.5) is 8.78 Å². The van der Waals surface area contributed by atoms with E-state index in [1.54, 1.807) is 6.92 Å². The monoisotopic (exact) mass is 416 g/mol. The smallest absolute Gasteiger partial charge is 0.130 e. The molecule has 3 rings (SSSR count). The Balaban J connectivity index is 2.11. The van der Waals surface area contributed by atoms with E-state index in [0.717, 1.165) is 33.8 Å². The van der Waals surface area contributed by atoms with Gasteiger partial charge in [-0.05, 0) is 36.2 Å². The van der Waals surface area contributed by atoms with Crippen LogP contribution in [0.25, 0.3) is 0 Å². The van der Waals surface area contributed by atoms with Crippen molar-refractivity contribution in [1.29, 1.82) is 0 Å². The molecule has 0 spiro atoms. The van der Waals surface area contributed by atoms with E-state index in [1.807, 2.05) is 12.1 Å². The average molecular weight is 418 g/mol. The molecule has 2 aromatic carbocycles. The van der Waals surface area contributed by atoms with Crippen molar-refractivity contribution in [3.8, 4) is 5.75 Å². The van der Waals surface area contributed by atoms with Gasteiger partial charge in [0.1, 0.15) is 17.4 Å². The summed E-state index contributed by atoms with van der Waals surface area (Å²) in [7, 11) is 0. The van der Waals surface area contributed by atoms with Crippen LogP contribution < -0.4 is 4.74 Å². The minimum absolute atomic E-state index is 0.388. The van der Waals surface area contributed by atoms with Crippen LogP contribution in [0, 0.1) is 18.6 Å². The number of alkyl halides is 1. The van der Waals surface area contributed by atoms with Crippen LogP contribution in [0.3, 0.4) is 0 Å². The minimum Gasteiger partial charge on any atom is -0.493 e. The molecule has 1 aliphatic rings. The second-order valence-corrected chi connectivity index (χ2v) is 6.90. The Hall–Kier alpha value is -0.940. The standard InChI is InChI=1S/C16H12Br2F2O/c1-8-4-11(14(20)7-13(8)19)15(18)12-6-10(17)5-9-2-3-21-16(9)12/h4-7,15H,2-3H2,1H3. The zero-order chi connectivity index (χ0) is 15.1. The van der Waals surface area contributed by atoms with Gasteiger partial charge in [-0.1, -0.05) is 31.9 Å². The first-order valence-electron chi connectivity index (χ1n) is 6.52. The highest BCUT2D eigenvalue weighted by Crippen LogP contribution is 2.43. The van der Waals surface area contributed by atoms with Gasteiger partial charge < -0.3 is 4.74 Å². The van der Waals surface area contributed by atoms with Crippen LogP contribution in [0.1, 0.15) is 27.1 Å². The Labute approximate surface area is 138 Å². The SMILES string of the molecule is Cc1cc(C(Br)c2cc(Br)cc3c2OCC3)c(F)cc1F. The molecule has 0 aliphatic carbocycles. The summed E-state index contributed by atoms with van der Waals surface area (Å²) in [5.41, 5.74) is 2.78. The maximum atomic E-state index is 14.1. The first-order chi connectivity index (χ1) is 9.97. The van der Waals surface area contributed by atoms with Crippen LogP contribution in [0.15, 0.2) is 28.7 Å². The second kappa shape index (κ2) is 5.69. The number of aryl methyl sites for hydroxylation is 1. The number of fused-ring (bicyclic) bond motifs is 1. The summed E-state index contributed by atoms with van der Waals surface area (Å²) < 4.78 is 34.1. The van der Waals surface area contributed by atoms with Crippen molar-refractivity contribution in [2.24, 2.45) is 0 Å². The van der Waals surface area contributed by atoms with Crippen LogP contribution in [-0.2, 0) is 6.42 Å². The van der Waals surface area contributed by atoms with Crippen molar-refractivity contribution >= 4 is 31.9 Å². The van der Waals surface area contributed by atoms with Gasteiger partial charge in [-0.15, -0.1) is 0 Å². The predicted octanol–water partition coefficient (Wildman–Crippen LogP) is 5.45. The quantitative estimate of drug-likeness (QED) is 0.590. The van der Waals surface area contributed by atoms with Gasteiger partial charge in [0, 0.05) is 28.1 Å². The van der Waals surface area contributed by atoms with E-state index >= 15 is 0 Å². The van der Waals surface area contributed by atoms with Gasteiger partial charge in [-0.2, -0.15) is 0 Å². The Kier molecular flexibility index (Phi) is 4.06. The third-order valence-corrected chi connectivity index (χ3v) is 5.05. The van der Waals surface area contributed by atoms with Crippen molar-refractivity contribution in [3.05, 3.63) is 62.6 Å². The topological polar surface area (TPSA) is 9.23 Å². The molecule has 0 fully saturated rings. The van der Waals surface area contributed by atoms with Crippen LogP contribution in [-0.4, -0.2) is 6.61 Å². The van der Waals surface area contributed by atoms with E-state index in [2.05, 4.69) is 31.9 Å². The van der Waals surface area contributed by atoms with Gasteiger partial charge in [-0.3, -0.25) is 0 Å². The molecule has 5 heteroatoms. The van der Waals surface area contributed by atoms with Crippen LogP contribution in [0.2, 0.25) is 0 Å². The van der Waals surface area contributed by atoms with E-state index in [1.165, 1.54) is 6.07 Å². The highest BCUT2D eigenvalue weighted by Gasteiger charge is 2.25. The fourth-order valence-electron chi connectivity index (χ4n) is 2.53. The number of hydrogen-bond acceptors (Lipinski definition) is 1. The third-order valence-electron chi connectivity index (χ3n) is 3.60. The predicted molar refractivity (Wildman–Crippen MR) is 85.2 cm³/mol. The molecule has 21 heavy (non-hydrogen) atoms. The van der Waals surface area contributed by atoms with Crippen molar-refractivity contribution in [2.45, 2.75) is 18.2 Å². The van der Waals surface area contributed by atoms with Gasteiger partial charge in [-0.25, -0.2) is 8.78 Å². The summed E-state index contributed by atoms with van der Waals surface area (Å²) in [4.78, 5) is -0.388. The molecule has 2 aromatic rings. The summed E-state index contributed by atoms with van der Waals surface area (Å²) in [6, 6.07) is 6.38. The molecule has 0 radical (unpaired) electrons. The van der Waals surface area contributed by atoms with E-state index in [-0.39, 0.29) is 4.83 Å². The Bertz CT molecular complexity index is 716. The van der Waals surface area contributed by atoms with Gasteiger partial charge in [0.05, 0.1) is 11.4 Å². The number of halogens is 4. The lowest BCUT2D eigenvalue weighted by atomic mass is 9.99. The fourth-order valence-corrected chi connectivity index (χ4v) is 3.74. The molecular weight excluding hydrogens is 406 g/mol. The first-order valence-corrected chi connectivity index (χ1v) is 8.23. The lowest BCUT2D eigenvalue weighted by molar-refractivity contribution is 0.354. The van der Waals surface area contributed by atoms with Gasteiger partial charge in [0.2, 0.25) is 0 Å². The normalized spacial score (nSPS) is 14.7. The number of benzene rings is 2. The molecule has 1 unspecified atom stereocenters. The van der Waals surface area contributed by atoms with Crippen molar-refractivity contribution < 1.29 is 13.5 Å². The first kappa shape index (κ1) is 15.0. The molecule has 0 saturated heterocycles. The lowest BCUT2D eigenvalue weighted by Gasteiger charge is -2.16. The molecule has 110 valence electrons. The van der Waals surface area contributed by atoms with Gasteiger partial charge in [0.15, 0.2) is 0 Å². The summed E-state index contributed by atoms with van der Waals surface area (Å²) in [5, 5.41) is 0. The minimum atomic E-state index is -0.563. The second-order valence-electron chi connectivity index (χ2n) is 5.07. The van der Waals surface area contributed by atoms with Crippen molar-refractivity contribution in [2.75, 3.05) is 6.61 Å². The molecule has 0 saturated carbocycles. The number of ether oxygens (including phenoxy) is 1. The zero-order valence-corrected chi connectivity index (χ0v) is 14.4.